The fourth-order valence-corrected chi connectivity index (χ4v) is 2.49. The van der Waals surface area contributed by atoms with E-state index in [1.165, 1.54) is 0 Å². The van der Waals surface area contributed by atoms with Crippen LogP contribution in [0, 0.1) is 5.92 Å². The molecule has 0 heterocycles. The van der Waals surface area contributed by atoms with Crippen molar-refractivity contribution in [2.24, 2.45) is 11.0 Å². The lowest BCUT2D eigenvalue weighted by molar-refractivity contribution is -0.123. The van der Waals surface area contributed by atoms with E-state index < -0.39 is 0 Å². The molecule has 0 aromatic heterocycles. The fourth-order valence-electron chi connectivity index (χ4n) is 2.03. The summed E-state index contributed by atoms with van der Waals surface area (Å²) in [6.07, 6.45) is 0. The molecule has 0 aliphatic carbocycles. The Labute approximate surface area is 151 Å². The zero-order valence-electron chi connectivity index (χ0n) is 13.4. The first-order valence-corrected chi connectivity index (χ1v) is 8.22. The maximum absolute atomic E-state index is 11.9. The number of carbonyl (C=O) groups is 1. The van der Waals surface area contributed by atoms with Gasteiger partial charge in [0.05, 0.1) is 10.7 Å². The third-order valence-electron chi connectivity index (χ3n) is 3.17. The molecule has 2 aromatic carbocycles. The molecule has 1 amide bonds. The van der Waals surface area contributed by atoms with E-state index in [1.54, 1.807) is 18.2 Å². The summed E-state index contributed by atoms with van der Waals surface area (Å²) in [6, 6.07) is 14.5. The second-order valence-corrected chi connectivity index (χ2v) is 6.26. The summed E-state index contributed by atoms with van der Waals surface area (Å²) in [5.74, 6) is 0.196. The minimum absolute atomic E-state index is 0.166. The summed E-state index contributed by atoms with van der Waals surface area (Å²) in [5.41, 5.74) is 4.29. The van der Waals surface area contributed by atoms with Crippen molar-refractivity contribution < 1.29 is 9.53 Å². The maximum Gasteiger partial charge on any atom is 0.277 e. The molecular weight excluding hydrogens is 347 g/mol. The van der Waals surface area contributed by atoms with Gasteiger partial charge in [-0.15, -0.1) is 0 Å². The minimum Gasteiger partial charge on any atom is -0.482 e. The molecule has 0 saturated heterocycles. The SMILES string of the molecule is CC(C)/C(=N\NC(=O)COc1ccc(Cl)cc1Cl)c1ccccc1. The van der Waals surface area contributed by atoms with E-state index in [1.807, 2.05) is 44.2 Å². The molecule has 24 heavy (non-hydrogen) atoms. The number of halogens is 2. The molecule has 0 unspecified atom stereocenters. The number of rotatable bonds is 6. The highest BCUT2D eigenvalue weighted by Gasteiger charge is 2.10. The lowest BCUT2D eigenvalue weighted by Crippen LogP contribution is -2.27. The predicted molar refractivity (Wildman–Crippen MR) is 97.9 cm³/mol. The first kappa shape index (κ1) is 18.3. The number of benzene rings is 2. The minimum atomic E-state index is -0.366. The number of carbonyl (C=O) groups excluding carboxylic acids is 1. The van der Waals surface area contributed by atoms with Crippen molar-refractivity contribution >= 4 is 34.8 Å². The summed E-state index contributed by atoms with van der Waals surface area (Å²) in [4.78, 5) is 11.9. The lowest BCUT2D eigenvalue weighted by Gasteiger charge is -2.11. The number of nitrogens with zero attached hydrogens (tertiary/aromatic N) is 1. The highest BCUT2D eigenvalue weighted by atomic mass is 35.5. The van der Waals surface area contributed by atoms with E-state index in [0.717, 1.165) is 11.3 Å². The molecule has 2 rings (SSSR count). The van der Waals surface area contributed by atoms with Gasteiger partial charge in [-0.05, 0) is 29.7 Å². The molecule has 6 heteroatoms. The molecule has 2 aromatic rings. The third kappa shape index (κ3) is 5.25. The van der Waals surface area contributed by atoms with E-state index in [9.17, 15) is 4.79 Å². The van der Waals surface area contributed by atoms with Gasteiger partial charge in [-0.25, -0.2) is 5.43 Å². The van der Waals surface area contributed by atoms with Gasteiger partial charge >= 0.3 is 0 Å². The number of ether oxygens (including phenoxy) is 1. The second-order valence-electron chi connectivity index (χ2n) is 5.42. The number of nitrogens with one attached hydrogen (secondary N) is 1. The molecule has 0 spiro atoms. The van der Waals surface area contributed by atoms with Crippen LogP contribution < -0.4 is 10.2 Å². The van der Waals surface area contributed by atoms with Gasteiger partial charge in [0.2, 0.25) is 0 Å². The number of amides is 1. The molecule has 0 bridgehead atoms. The van der Waals surface area contributed by atoms with Gasteiger partial charge in [0.25, 0.3) is 5.91 Å². The molecule has 0 aliphatic rings. The molecular formula is C18H18Cl2N2O2. The van der Waals surface area contributed by atoms with Crippen LogP contribution in [0.3, 0.4) is 0 Å². The van der Waals surface area contributed by atoms with E-state index in [0.29, 0.717) is 15.8 Å². The van der Waals surface area contributed by atoms with Gasteiger partial charge in [0.15, 0.2) is 6.61 Å². The molecule has 0 saturated carbocycles. The van der Waals surface area contributed by atoms with Crippen LogP contribution in [0.15, 0.2) is 53.6 Å². The van der Waals surface area contributed by atoms with Crippen molar-refractivity contribution in [1.29, 1.82) is 0 Å². The molecule has 1 N–H and O–H groups in total. The van der Waals surface area contributed by atoms with Crippen LogP contribution in [0.2, 0.25) is 10.0 Å². The van der Waals surface area contributed by atoms with Crippen molar-refractivity contribution in [3.8, 4) is 5.75 Å². The summed E-state index contributed by atoms with van der Waals surface area (Å²) in [6.45, 7) is 3.84. The lowest BCUT2D eigenvalue weighted by atomic mass is 10.0. The quantitative estimate of drug-likeness (QED) is 0.603. The Morgan fingerprint density at radius 2 is 1.88 bits per heavy atom. The topological polar surface area (TPSA) is 50.7 Å². The van der Waals surface area contributed by atoms with Crippen molar-refractivity contribution in [3.63, 3.8) is 0 Å². The first-order chi connectivity index (χ1) is 11.5. The summed E-state index contributed by atoms with van der Waals surface area (Å²) in [5, 5.41) is 5.08. The van der Waals surface area contributed by atoms with Crippen molar-refractivity contribution in [1.82, 2.24) is 5.43 Å². The largest absolute Gasteiger partial charge is 0.482 e. The van der Waals surface area contributed by atoms with Gasteiger partial charge in [-0.3, -0.25) is 4.79 Å². The average Bonchev–Trinajstić information content (AvgIpc) is 2.55. The highest BCUT2D eigenvalue weighted by molar-refractivity contribution is 6.35. The Morgan fingerprint density at radius 1 is 1.17 bits per heavy atom. The molecule has 126 valence electrons. The van der Waals surface area contributed by atoms with Gasteiger partial charge in [0.1, 0.15) is 5.75 Å². The standard InChI is InChI=1S/C18H18Cl2N2O2/c1-12(2)18(13-6-4-3-5-7-13)22-21-17(23)11-24-16-9-8-14(19)10-15(16)20/h3-10,12H,11H2,1-2H3,(H,21,23)/b22-18+. The van der Waals surface area contributed by atoms with E-state index >= 15 is 0 Å². The van der Waals surface area contributed by atoms with Gasteiger partial charge in [-0.1, -0.05) is 67.4 Å². The van der Waals surface area contributed by atoms with Crippen LogP contribution in [-0.2, 0) is 4.79 Å². The van der Waals surface area contributed by atoms with Crippen molar-refractivity contribution in [2.75, 3.05) is 6.61 Å². The van der Waals surface area contributed by atoms with Crippen LogP contribution in [0.4, 0.5) is 0 Å². The van der Waals surface area contributed by atoms with E-state index in [4.69, 9.17) is 27.9 Å². The number of hydrogen-bond acceptors (Lipinski definition) is 3. The van der Waals surface area contributed by atoms with Gasteiger partial charge < -0.3 is 4.74 Å². The Balaban J connectivity index is 1.98. The monoisotopic (exact) mass is 364 g/mol. The predicted octanol–water partition coefficient (Wildman–Crippen LogP) is 4.55. The zero-order valence-corrected chi connectivity index (χ0v) is 14.9. The fraction of sp³-hybridized carbons (Fsp3) is 0.222. The van der Waals surface area contributed by atoms with Crippen molar-refractivity contribution in [3.05, 3.63) is 64.1 Å². The Kier molecular flexibility index (Phi) is 6.64. The summed E-state index contributed by atoms with van der Waals surface area (Å²) >= 11 is 11.8. The number of hydrazone groups is 1. The molecule has 0 fully saturated rings. The average molecular weight is 365 g/mol. The second kappa shape index (κ2) is 8.71. The van der Waals surface area contributed by atoms with Crippen LogP contribution >= 0.6 is 23.2 Å². The van der Waals surface area contributed by atoms with E-state index in [-0.39, 0.29) is 18.4 Å². The van der Waals surface area contributed by atoms with Crippen LogP contribution in [0.25, 0.3) is 0 Å². The van der Waals surface area contributed by atoms with Gasteiger partial charge in [0, 0.05) is 5.02 Å². The number of hydrogen-bond donors (Lipinski definition) is 1. The molecule has 0 atom stereocenters. The first-order valence-electron chi connectivity index (χ1n) is 7.47. The Bertz CT molecular complexity index is 731. The molecule has 0 radical (unpaired) electrons. The van der Waals surface area contributed by atoms with Crippen LogP contribution in [-0.4, -0.2) is 18.2 Å². The molecule has 0 aliphatic heterocycles. The Hall–Kier alpha value is -2.04. The van der Waals surface area contributed by atoms with E-state index in [2.05, 4.69) is 10.5 Å². The zero-order chi connectivity index (χ0) is 17.5. The maximum atomic E-state index is 11.9. The Morgan fingerprint density at radius 3 is 2.50 bits per heavy atom. The van der Waals surface area contributed by atoms with Crippen LogP contribution in [0.1, 0.15) is 19.4 Å². The molecule has 4 nitrogen and oxygen atoms in total. The summed E-state index contributed by atoms with van der Waals surface area (Å²) in [7, 11) is 0. The third-order valence-corrected chi connectivity index (χ3v) is 3.70. The highest BCUT2D eigenvalue weighted by Crippen LogP contribution is 2.27. The van der Waals surface area contributed by atoms with Crippen LogP contribution in [0.5, 0.6) is 5.75 Å². The smallest absolute Gasteiger partial charge is 0.277 e. The normalized spacial score (nSPS) is 11.5. The van der Waals surface area contributed by atoms with Gasteiger partial charge in [-0.2, -0.15) is 5.10 Å². The van der Waals surface area contributed by atoms with Crippen molar-refractivity contribution in [2.45, 2.75) is 13.8 Å². The summed E-state index contributed by atoms with van der Waals surface area (Å²) < 4.78 is 5.38.